The summed E-state index contributed by atoms with van der Waals surface area (Å²) in [6.07, 6.45) is 0. The zero-order valence-corrected chi connectivity index (χ0v) is 16.7. The molecule has 0 amide bonds. The lowest BCUT2D eigenvalue weighted by Crippen LogP contribution is -2.41. The molecule has 4 aromatic rings. The Hall–Kier alpha value is -2.56. The van der Waals surface area contributed by atoms with Crippen molar-refractivity contribution in [2.24, 2.45) is 0 Å². The summed E-state index contributed by atoms with van der Waals surface area (Å²) in [6.45, 7) is 8.31. The fraction of sp³-hybridized carbons (Fsp3) is 0.250. The van der Waals surface area contributed by atoms with Crippen LogP contribution in [-0.2, 0) is 9.31 Å². The molecule has 1 fully saturated rings. The number of hydrogen-bond donors (Lipinski definition) is 0. The molecule has 3 nitrogen and oxygen atoms in total. The quantitative estimate of drug-likeness (QED) is 0.434. The molecule has 1 aliphatic rings. The minimum atomic E-state index is -0.446. The Balaban J connectivity index is 1.79. The van der Waals surface area contributed by atoms with E-state index < -0.39 is 18.3 Å². The van der Waals surface area contributed by atoms with Crippen molar-refractivity contribution in [3.63, 3.8) is 0 Å². The first kappa shape index (κ1) is 17.5. The Labute approximate surface area is 165 Å². The second-order valence-electron chi connectivity index (χ2n) is 8.46. The lowest BCUT2D eigenvalue weighted by atomic mass is 9.74. The number of fused-ring (bicyclic) bond motifs is 3. The van der Waals surface area contributed by atoms with Crippen LogP contribution in [0.1, 0.15) is 27.7 Å². The predicted molar refractivity (Wildman–Crippen MR) is 115 cm³/mol. The summed E-state index contributed by atoms with van der Waals surface area (Å²) in [5.41, 5.74) is 4.10. The average molecular weight is 370 g/mol. The topological polar surface area (TPSA) is 31.6 Å². The molecule has 5 rings (SSSR count). The highest BCUT2D eigenvalue weighted by molar-refractivity contribution is 6.64. The average Bonchev–Trinajstić information content (AvgIpc) is 3.15. The molecule has 4 heteroatoms. The molecule has 1 saturated heterocycles. The highest BCUT2D eigenvalue weighted by atomic mass is 16.7. The van der Waals surface area contributed by atoms with E-state index in [2.05, 4.69) is 58.0 Å². The van der Waals surface area contributed by atoms with Crippen molar-refractivity contribution in [2.45, 2.75) is 38.9 Å². The van der Waals surface area contributed by atoms with E-state index in [1.165, 1.54) is 0 Å². The summed E-state index contributed by atoms with van der Waals surface area (Å²) in [7, 11) is -0.446. The van der Waals surface area contributed by atoms with E-state index in [0.717, 1.165) is 38.5 Å². The van der Waals surface area contributed by atoms with Crippen molar-refractivity contribution < 1.29 is 13.7 Å². The highest BCUT2D eigenvalue weighted by Crippen LogP contribution is 2.40. The molecule has 28 heavy (non-hydrogen) atoms. The maximum Gasteiger partial charge on any atom is 0.495 e. The number of hydrogen-bond acceptors (Lipinski definition) is 3. The molecule has 140 valence electrons. The van der Waals surface area contributed by atoms with Gasteiger partial charge in [0.15, 0.2) is 0 Å². The molecule has 0 N–H and O–H groups in total. The van der Waals surface area contributed by atoms with Gasteiger partial charge < -0.3 is 13.7 Å². The number of rotatable bonds is 2. The Morgan fingerprint density at radius 3 is 2.04 bits per heavy atom. The van der Waals surface area contributed by atoms with E-state index in [-0.39, 0.29) is 0 Å². The van der Waals surface area contributed by atoms with Gasteiger partial charge in [-0.1, -0.05) is 60.7 Å². The molecule has 0 aliphatic carbocycles. The van der Waals surface area contributed by atoms with Crippen LogP contribution < -0.4 is 5.46 Å². The molecule has 2 heterocycles. The van der Waals surface area contributed by atoms with Crippen LogP contribution in [0.25, 0.3) is 33.1 Å². The van der Waals surface area contributed by atoms with E-state index in [9.17, 15) is 0 Å². The third-order valence-corrected chi connectivity index (χ3v) is 6.15. The van der Waals surface area contributed by atoms with Crippen molar-refractivity contribution >= 4 is 34.5 Å². The Morgan fingerprint density at radius 2 is 1.32 bits per heavy atom. The number of para-hydroxylation sites is 1. The summed E-state index contributed by atoms with van der Waals surface area (Å²) in [5, 5.41) is 2.23. The normalized spacial score (nSPS) is 18.2. The van der Waals surface area contributed by atoms with Crippen LogP contribution in [0.2, 0.25) is 0 Å². The first-order valence-electron chi connectivity index (χ1n) is 9.73. The number of furan rings is 1. The molecule has 0 bridgehead atoms. The van der Waals surface area contributed by atoms with E-state index in [1.54, 1.807) is 0 Å². The van der Waals surface area contributed by atoms with Gasteiger partial charge in [-0.2, -0.15) is 0 Å². The summed E-state index contributed by atoms with van der Waals surface area (Å²) >= 11 is 0. The van der Waals surface area contributed by atoms with Gasteiger partial charge in [0.25, 0.3) is 0 Å². The molecular weight excluding hydrogens is 347 g/mol. The van der Waals surface area contributed by atoms with E-state index >= 15 is 0 Å². The Morgan fingerprint density at radius 1 is 0.679 bits per heavy atom. The van der Waals surface area contributed by atoms with Gasteiger partial charge in [-0.25, -0.2) is 0 Å². The SMILES string of the molecule is CC1(C)OB(c2ccc3c(oc4ccccc43)c2-c2ccccc2)OC1(C)C. The fourth-order valence-electron chi connectivity index (χ4n) is 3.87. The first-order chi connectivity index (χ1) is 13.4. The van der Waals surface area contributed by atoms with Gasteiger partial charge in [0.1, 0.15) is 11.2 Å². The largest absolute Gasteiger partial charge is 0.495 e. The first-order valence-corrected chi connectivity index (χ1v) is 9.73. The van der Waals surface area contributed by atoms with Crippen LogP contribution in [0.3, 0.4) is 0 Å². The number of benzene rings is 3. The van der Waals surface area contributed by atoms with Crippen molar-refractivity contribution in [3.05, 3.63) is 66.7 Å². The smallest absolute Gasteiger partial charge is 0.455 e. The molecule has 1 aliphatic heterocycles. The van der Waals surface area contributed by atoms with Gasteiger partial charge in [0.2, 0.25) is 0 Å². The van der Waals surface area contributed by atoms with E-state index in [0.29, 0.717) is 0 Å². The Bertz CT molecular complexity index is 1160. The molecule has 0 unspecified atom stereocenters. The molecular formula is C24H23BO3. The van der Waals surface area contributed by atoms with Crippen LogP contribution in [0.5, 0.6) is 0 Å². The minimum absolute atomic E-state index is 0.394. The summed E-state index contributed by atoms with van der Waals surface area (Å²) in [6, 6.07) is 22.7. The molecule has 1 aromatic heterocycles. The van der Waals surface area contributed by atoms with Crippen LogP contribution in [0, 0.1) is 0 Å². The minimum Gasteiger partial charge on any atom is -0.455 e. The summed E-state index contributed by atoms with van der Waals surface area (Å²) < 4.78 is 19.1. The second-order valence-corrected chi connectivity index (χ2v) is 8.46. The van der Waals surface area contributed by atoms with Gasteiger partial charge in [-0.3, -0.25) is 0 Å². The van der Waals surface area contributed by atoms with Gasteiger partial charge in [-0.05, 0) is 44.8 Å². The second kappa shape index (κ2) is 5.97. The lowest BCUT2D eigenvalue weighted by Gasteiger charge is -2.32. The van der Waals surface area contributed by atoms with Crippen LogP contribution in [0.15, 0.2) is 71.1 Å². The van der Waals surface area contributed by atoms with Gasteiger partial charge in [-0.15, -0.1) is 0 Å². The van der Waals surface area contributed by atoms with E-state index in [4.69, 9.17) is 13.7 Å². The van der Waals surface area contributed by atoms with Crippen molar-refractivity contribution in [2.75, 3.05) is 0 Å². The van der Waals surface area contributed by atoms with Gasteiger partial charge >= 0.3 is 7.12 Å². The van der Waals surface area contributed by atoms with Crippen molar-refractivity contribution in [3.8, 4) is 11.1 Å². The summed E-state index contributed by atoms with van der Waals surface area (Å²) in [5.74, 6) is 0. The maximum absolute atomic E-state index is 6.37. The highest BCUT2D eigenvalue weighted by Gasteiger charge is 2.52. The fourth-order valence-corrected chi connectivity index (χ4v) is 3.87. The Kier molecular flexibility index (Phi) is 3.74. The van der Waals surface area contributed by atoms with Crippen LogP contribution in [0.4, 0.5) is 0 Å². The zero-order chi connectivity index (χ0) is 19.5. The zero-order valence-electron chi connectivity index (χ0n) is 16.7. The van der Waals surface area contributed by atoms with E-state index in [1.807, 2.05) is 36.4 Å². The van der Waals surface area contributed by atoms with Crippen LogP contribution >= 0.6 is 0 Å². The third-order valence-electron chi connectivity index (χ3n) is 6.15. The van der Waals surface area contributed by atoms with Crippen molar-refractivity contribution in [1.82, 2.24) is 0 Å². The molecule has 0 spiro atoms. The third kappa shape index (κ3) is 2.52. The lowest BCUT2D eigenvalue weighted by molar-refractivity contribution is 0.00578. The molecule has 0 atom stereocenters. The molecule has 0 radical (unpaired) electrons. The van der Waals surface area contributed by atoms with Crippen molar-refractivity contribution in [1.29, 1.82) is 0 Å². The van der Waals surface area contributed by atoms with Gasteiger partial charge in [0, 0.05) is 16.3 Å². The van der Waals surface area contributed by atoms with Gasteiger partial charge in [0.05, 0.1) is 11.2 Å². The summed E-state index contributed by atoms with van der Waals surface area (Å²) in [4.78, 5) is 0. The standard InChI is InChI=1S/C24H23BO3/c1-23(2)24(3,4)28-25(27-23)19-15-14-18-17-12-8-9-13-20(17)26-22(18)21(19)16-10-6-5-7-11-16/h5-15H,1-4H3. The monoisotopic (exact) mass is 370 g/mol. The molecule has 3 aromatic carbocycles. The predicted octanol–water partition coefficient (Wildman–Crippen LogP) is 5.55. The van der Waals surface area contributed by atoms with Crippen LogP contribution in [-0.4, -0.2) is 18.3 Å². The maximum atomic E-state index is 6.37. The molecule has 0 saturated carbocycles.